The minimum Gasteiger partial charge on any atom is -0.466 e. The molecule has 0 aliphatic heterocycles. The first-order chi connectivity index (χ1) is 15.4. The number of amides is 1. The summed E-state index contributed by atoms with van der Waals surface area (Å²) >= 11 is 1.58. The molecule has 0 saturated heterocycles. The number of carbonyl (C=O) groups is 1. The number of carbonyl (C=O) groups excluding carboxylic acids is 1. The predicted molar refractivity (Wildman–Crippen MR) is 126 cm³/mol. The van der Waals surface area contributed by atoms with E-state index in [2.05, 4.69) is 15.4 Å². The predicted octanol–water partition coefficient (Wildman–Crippen LogP) is 5.43. The van der Waals surface area contributed by atoms with Crippen LogP contribution in [-0.4, -0.2) is 25.7 Å². The lowest BCUT2D eigenvalue weighted by atomic mass is 10.1. The monoisotopic (exact) mass is 445 g/mol. The number of pyridine rings is 1. The van der Waals surface area contributed by atoms with Crippen molar-refractivity contribution in [2.24, 2.45) is 0 Å². The molecule has 1 amide bonds. The summed E-state index contributed by atoms with van der Waals surface area (Å²) in [6.07, 6.45) is 1.71. The number of aromatic nitrogens is 4. The van der Waals surface area contributed by atoms with Gasteiger partial charge < -0.3 is 9.73 Å². The highest BCUT2D eigenvalue weighted by molar-refractivity contribution is 7.18. The van der Waals surface area contributed by atoms with Crippen LogP contribution in [0.5, 0.6) is 0 Å². The second kappa shape index (κ2) is 7.87. The lowest BCUT2D eigenvalue weighted by Crippen LogP contribution is -2.23. The lowest BCUT2D eigenvalue weighted by Gasteiger charge is -2.10. The van der Waals surface area contributed by atoms with Crippen molar-refractivity contribution in [1.82, 2.24) is 25.1 Å². The zero-order valence-electron chi connectivity index (χ0n) is 18.3. The molecule has 7 nitrogen and oxygen atoms in total. The van der Waals surface area contributed by atoms with Gasteiger partial charge in [-0.15, -0.1) is 11.3 Å². The molecular formula is C24H23N5O2S. The van der Waals surface area contributed by atoms with Crippen LogP contribution in [0.4, 0.5) is 0 Å². The van der Waals surface area contributed by atoms with E-state index < -0.39 is 0 Å². The Kier molecular flexibility index (Phi) is 5.01. The Balaban J connectivity index is 1.53. The van der Waals surface area contributed by atoms with E-state index in [0.717, 1.165) is 37.7 Å². The molecule has 5 aromatic rings. The van der Waals surface area contributed by atoms with Crippen LogP contribution in [0.3, 0.4) is 0 Å². The van der Waals surface area contributed by atoms with E-state index in [1.807, 2.05) is 68.8 Å². The summed E-state index contributed by atoms with van der Waals surface area (Å²) in [6, 6.07) is 11.8. The fourth-order valence-corrected chi connectivity index (χ4v) is 4.76. The van der Waals surface area contributed by atoms with Crippen molar-refractivity contribution in [3.05, 3.63) is 64.7 Å². The second-order valence-corrected chi connectivity index (χ2v) is 9.18. The quantitative estimate of drug-likeness (QED) is 0.390. The maximum absolute atomic E-state index is 13.3. The van der Waals surface area contributed by atoms with E-state index in [1.54, 1.807) is 17.5 Å². The molecule has 0 saturated carbocycles. The minimum absolute atomic E-state index is 0.112. The Hall–Kier alpha value is -3.52. The van der Waals surface area contributed by atoms with Gasteiger partial charge in [0.1, 0.15) is 16.5 Å². The Morgan fingerprint density at radius 2 is 2.00 bits per heavy atom. The fourth-order valence-electron chi connectivity index (χ4n) is 3.85. The van der Waals surface area contributed by atoms with Crippen LogP contribution in [-0.2, 0) is 6.54 Å². The van der Waals surface area contributed by atoms with Crippen molar-refractivity contribution in [3.63, 3.8) is 0 Å². The number of para-hydroxylation sites is 1. The average molecular weight is 446 g/mol. The second-order valence-electron chi connectivity index (χ2n) is 8.06. The van der Waals surface area contributed by atoms with E-state index in [4.69, 9.17) is 9.40 Å². The molecule has 4 heterocycles. The molecule has 1 N–H and O–H groups in total. The van der Waals surface area contributed by atoms with Crippen LogP contribution in [0, 0.1) is 13.8 Å². The zero-order valence-corrected chi connectivity index (χ0v) is 19.2. The van der Waals surface area contributed by atoms with E-state index in [9.17, 15) is 4.79 Å². The first kappa shape index (κ1) is 20.4. The number of aryl methyl sites for hydroxylation is 2. The van der Waals surface area contributed by atoms with Crippen molar-refractivity contribution in [2.45, 2.75) is 40.3 Å². The van der Waals surface area contributed by atoms with Crippen molar-refractivity contribution in [1.29, 1.82) is 0 Å². The van der Waals surface area contributed by atoms with Gasteiger partial charge >= 0.3 is 0 Å². The maximum atomic E-state index is 13.3. The van der Waals surface area contributed by atoms with Gasteiger partial charge in [0.2, 0.25) is 0 Å². The van der Waals surface area contributed by atoms with Gasteiger partial charge in [0.05, 0.1) is 39.6 Å². The van der Waals surface area contributed by atoms with Crippen LogP contribution in [0.25, 0.3) is 32.5 Å². The van der Waals surface area contributed by atoms with Crippen molar-refractivity contribution in [3.8, 4) is 11.3 Å². The normalized spacial score (nSPS) is 11.7. The third-order valence-corrected chi connectivity index (χ3v) is 6.39. The molecule has 0 radical (unpaired) electrons. The third-order valence-electron chi connectivity index (χ3n) is 5.36. The van der Waals surface area contributed by atoms with Gasteiger partial charge in [0, 0.05) is 11.6 Å². The summed E-state index contributed by atoms with van der Waals surface area (Å²) in [4.78, 5) is 22.7. The van der Waals surface area contributed by atoms with E-state index in [0.29, 0.717) is 23.4 Å². The van der Waals surface area contributed by atoms with Crippen molar-refractivity contribution < 1.29 is 9.21 Å². The van der Waals surface area contributed by atoms with Crippen molar-refractivity contribution in [2.75, 3.05) is 0 Å². The molecule has 32 heavy (non-hydrogen) atoms. The molecule has 0 unspecified atom stereocenters. The molecule has 4 aromatic heterocycles. The van der Waals surface area contributed by atoms with Gasteiger partial charge in [-0.3, -0.25) is 4.79 Å². The van der Waals surface area contributed by atoms with E-state index in [-0.39, 0.29) is 11.9 Å². The molecule has 0 fully saturated rings. The largest absolute Gasteiger partial charge is 0.466 e. The number of benzene rings is 1. The van der Waals surface area contributed by atoms with Gasteiger partial charge in [-0.2, -0.15) is 5.10 Å². The molecule has 162 valence electrons. The number of nitrogens with one attached hydrogen (secondary N) is 1. The Morgan fingerprint density at radius 1 is 1.19 bits per heavy atom. The van der Waals surface area contributed by atoms with Gasteiger partial charge in [-0.1, -0.05) is 12.1 Å². The van der Waals surface area contributed by atoms with Gasteiger partial charge in [-0.25, -0.2) is 14.6 Å². The summed E-state index contributed by atoms with van der Waals surface area (Å²) in [5, 5.41) is 9.10. The first-order valence-corrected chi connectivity index (χ1v) is 11.3. The minimum atomic E-state index is -0.181. The molecular weight excluding hydrogens is 422 g/mol. The third kappa shape index (κ3) is 3.56. The summed E-state index contributed by atoms with van der Waals surface area (Å²) in [7, 11) is 0. The van der Waals surface area contributed by atoms with E-state index in [1.165, 1.54) is 0 Å². The number of nitrogens with zero attached hydrogens (tertiary/aromatic N) is 4. The van der Waals surface area contributed by atoms with Crippen LogP contribution in [0.15, 0.2) is 47.0 Å². The number of fused-ring (bicyclic) bond motifs is 2. The standard InChI is InChI=1S/C24H23N5O2S/c1-13(2)29-23-18(11-26-29)17(10-20(28-23)16-9-14(3)31-15(16)4)24(30)25-12-22-27-19-7-5-6-8-21(19)32-22/h5-11,13H,12H2,1-4H3,(H,25,30). The number of thiazole rings is 1. The zero-order chi connectivity index (χ0) is 22.4. The Labute approximate surface area is 189 Å². The molecule has 1 aromatic carbocycles. The topological polar surface area (TPSA) is 85.8 Å². The molecule has 0 aliphatic carbocycles. The Morgan fingerprint density at radius 3 is 2.72 bits per heavy atom. The van der Waals surface area contributed by atoms with Crippen LogP contribution >= 0.6 is 11.3 Å². The summed E-state index contributed by atoms with van der Waals surface area (Å²) in [5.74, 6) is 1.39. The first-order valence-electron chi connectivity index (χ1n) is 10.5. The summed E-state index contributed by atoms with van der Waals surface area (Å²) in [5.41, 5.74) is 3.73. The molecule has 0 atom stereocenters. The van der Waals surface area contributed by atoms with E-state index >= 15 is 0 Å². The molecule has 0 spiro atoms. The summed E-state index contributed by atoms with van der Waals surface area (Å²) < 4.78 is 8.65. The molecule has 8 heteroatoms. The highest BCUT2D eigenvalue weighted by Gasteiger charge is 2.20. The smallest absolute Gasteiger partial charge is 0.252 e. The van der Waals surface area contributed by atoms with Gasteiger partial charge in [0.25, 0.3) is 5.91 Å². The van der Waals surface area contributed by atoms with Gasteiger partial charge in [0.15, 0.2) is 5.65 Å². The molecule has 5 rings (SSSR count). The Bertz CT molecular complexity index is 1430. The van der Waals surface area contributed by atoms with Crippen LogP contribution < -0.4 is 5.32 Å². The molecule has 0 bridgehead atoms. The summed E-state index contributed by atoms with van der Waals surface area (Å²) in [6.45, 7) is 8.25. The van der Waals surface area contributed by atoms with Crippen LogP contribution in [0.1, 0.15) is 46.8 Å². The average Bonchev–Trinajstić information content (AvgIpc) is 3.46. The molecule has 0 aliphatic rings. The number of rotatable bonds is 5. The van der Waals surface area contributed by atoms with Crippen LogP contribution in [0.2, 0.25) is 0 Å². The highest BCUT2D eigenvalue weighted by atomic mass is 32.1. The fraction of sp³-hybridized carbons (Fsp3) is 0.250. The lowest BCUT2D eigenvalue weighted by molar-refractivity contribution is 0.0952. The van der Waals surface area contributed by atoms with Crippen molar-refractivity contribution >= 4 is 38.5 Å². The number of furan rings is 1. The number of hydrogen-bond donors (Lipinski definition) is 1. The maximum Gasteiger partial charge on any atom is 0.252 e. The SMILES string of the molecule is Cc1cc(-c2cc(C(=O)NCc3nc4ccccc4s3)c3cnn(C(C)C)c3n2)c(C)o1. The number of hydrogen-bond acceptors (Lipinski definition) is 6. The van der Waals surface area contributed by atoms with Gasteiger partial charge in [-0.05, 0) is 52.0 Å². The highest BCUT2D eigenvalue weighted by Crippen LogP contribution is 2.30.